The maximum absolute atomic E-state index is 13.0. The molecule has 9 heteroatoms. The van der Waals surface area contributed by atoms with Crippen molar-refractivity contribution in [3.8, 4) is 0 Å². The molecule has 0 saturated heterocycles. The van der Waals surface area contributed by atoms with Gasteiger partial charge in [-0.3, -0.25) is 4.79 Å². The summed E-state index contributed by atoms with van der Waals surface area (Å²) >= 11 is 0. The van der Waals surface area contributed by atoms with Crippen LogP contribution >= 0.6 is 0 Å². The Kier molecular flexibility index (Phi) is 5.85. The number of aromatic nitrogens is 2. The van der Waals surface area contributed by atoms with Gasteiger partial charge in [0.2, 0.25) is 10.0 Å². The van der Waals surface area contributed by atoms with Crippen LogP contribution in [0.25, 0.3) is 16.6 Å². The first-order chi connectivity index (χ1) is 13.0. The van der Waals surface area contributed by atoms with E-state index in [1.807, 2.05) is 6.07 Å². The van der Waals surface area contributed by atoms with Gasteiger partial charge in [0.05, 0.1) is 29.0 Å². The standard InChI is InChI=1S/C18H21N3O5S/c1-25-11-9-20(10-12-26-2)27(23,24)14-6-7-16-15(13-14)18(22)19-17-5-3-4-8-21(16)17/h3-8,13H,9-12H2,1-2H3. The lowest BCUT2D eigenvalue weighted by Gasteiger charge is -2.21. The molecule has 8 nitrogen and oxygen atoms in total. The van der Waals surface area contributed by atoms with Crippen LogP contribution in [0.5, 0.6) is 0 Å². The second-order valence-electron chi connectivity index (χ2n) is 5.91. The molecule has 0 spiro atoms. The summed E-state index contributed by atoms with van der Waals surface area (Å²) in [5.74, 6) is 0. The topological polar surface area (TPSA) is 90.2 Å². The van der Waals surface area contributed by atoms with Gasteiger partial charge in [-0.1, -0.05) is 6.07 Å². The monoisotopic (exact) mass is 391 g/mol. The van der Waals surface area contributed by atoms with E-state index in [-0.39, 0.29) is 36.6 Å². The fraction of sp³-hybridized carbons (Fsp3) is 0.333. The number of sulfonamides is 1. The summed E-state index contributed by atoms with van der Waals surface area (Å²) in [6, 6.07) is 9.84. The van der Waals surface area contributed by atoms with Crippen LogP contribution < -0.4 is 5.56 Å². The van der Waals surface area contributed by atoms with E-state index >= 15 is 0 Å². The van der Waals surface area contributed by atoms with Crippen LogP contribution in [0.3, 0.4) is 0 Å². The van der Waals surface area contributed by atoms with Crippen molar-refractivity contribution in [2.45, 2.75) is 4.90 Å². The first-order valence-electron chi connectivity index (χ1n) is 8.38. The summed E-state index contributed by atoms with van der Waals surface area (Å²) in [5.41, 5.74) is 0.644. The molecule has 0 saturated carbocycles. The first-order valence-corrected chi connectivity index (χ1v) is 9.82. The van der Waals surface area contributed by atoms with Crippen molar-refractivity contribution in [1.82, 2.24) is 13.7 Å². The Balaban J connectivity index is 2.11. The Morgan fingerprint density at radius 3 is 2.44 bits per heavy atom. The third-order valence-corrected chi connectivity index (χ3v) is 6.13. The van der Waals surface area contributed by atoms with Crippen LogP contribution in [0.4, 0.5) is 0 Å². The lowest BCUT2D eigenvalue weighted by atomic mass is 10.2. The van der Waals surface area contributed by atoms with Gasteiger partial charge >= 0.3 is 0 Å². The molecule has 27 heavy (non-hydrogen) atoms. The minimum absolute atomic E-state index is 0.0389. The van der Waals surface area contributed by atoms with Gasteiger partial charge in [0, 0.05) is 33.5 Å². The second-order valence-corrected chi connectivity index (χ2v) is 7.85. The average molecular weight is 391 g/mol. The minimum atomic E-state index is -3.81. The van der Waals surface area contributed by atoms with E-state index in [2.05, 4.69) is 4.98 Å². The molecule has 0 unspecified atom stereocenters. The normalized spacial score (nSPS) is 12.3. The molecule has 0 N–H and O–H groups in total. The van der Waals surface area contributed by atoms with Gasteiger partial charge < -0.3 is 13.9 Å². The smallest absolute Gasteiger partial charge is 0.281 e. The Morgan fingerprint density at radius 1 is 1.07 bits per heavy atom. The second kappa shape index (κ2) is 8.13. The highest BCUT2D eigenvalue weighted by atomic mass is 32.2. The van der Waals surface area contributed by atoms with E-state index in [4.69, 9.17) is 9.47 Å². The SMILES string of the molecule is COCCN(CCOC)S(=O)(=O)c1ccc2c(c1)c(=O)nc1ccccn12. The molecule has 3 rings (SSSR count). The zero-order valence-corrected chi connectivity index (χ0v) is 16.0. The zero-order chi connectivity index (χ0) is 19.4. The molecule has 3 aromatic rings. The summed E-state index contributed by atoms with van der Waals surface area (Å²) in [4.78, 5) is 16.5. The quantitative estimate of drug-likeness (QED) is 0.535. The summed E-state index contributed by atoms with van der Waals surface area (Å²) < 4.78 is 39.2. The number of ether oxygens (including phenoxy) is 2. The largest absolute Gasteiger partial charge is 0.383 e. The fourth-order valence-corrected chi connectivity index (χ4v) is 4.27. The number of fused-ring (bicyclic) bond motifs is 3. The Morgan fingerprint density at radius 2 is 1.78 bits per heavy atom. The van der Waals surface area contributed by atoms with Crippen molar-refractivity contribution >= 4 is 26.6 Å². The Labute approximate surface area is 157 Å². The number of benzene rings is 1. The molecular weight excluding hydrogens is 370 g/mol. The van der Waals surface area contributed by atoms with Gasteiger partial charge in [0.1, 0.15) is 5.65 Å². The van der Waals surface area contributed by atoms with Crippen LogP contribution in [-0.4, -0.2) is 62.6 Å². The molecule has 0 bridgehead atoms. The van der Waals surface area contributed by atoms with Crippen molar-refractivity contribution in [3.63, 3.8) is 0 Å². The highest BCUT2D eigenvalue weighted by molar-refractivity contribution is 7.89. The predicted molar refractivity (Wildman–Crippen MR) is 101 cm³/mol. The molecule has 1 aromatic carbocycles. The summed E-state index contributed by atoms with van der Waals surface area (Å²) in [6.07, 6.45) is 1.78. The molecule has 0 radical (unpaired) electrons. The molecular formula is C18H21N3O5S. The number of pyridine rings is 1. The van der Waals surface area contributed by atoms with E-state index in [0.717, 1.165) is 0 Å². The zero-order valence-electron chi connectivity index (χ0n) is 15.2. The van der Waals surface area contributed by atoms with Gasteiger partial charge in [-0.2, -0.15) is 9.29 Å². The van der Waals surface area contributed by atoms with Crippen LogP contribution in [-0.2, 0) is 19.5 Å². The summed E-state index contributed by atoms with van der Waals surface area (Å²) in [6.45, 7) is 0.890. The summed E-state index contributed by atoms with van der Waals surface area (Å²) in [7, 11) is -0.792. The lowest BCUT2D eigenvalue weighted by molar-refractivity contribution is 0.150. The molecule has 0 aliphatic rings. The Bertz CT molecular complexity index is 1100. The third-order valence-electron chi connectivity index (χ3n) is 4.24. The fourth-order valence-electron chi connectivity index (χ4n) is 2.84. The van der Waals surface area contributed by atoms with Crippen molar-refractivity contribution in [2.24, 2.45) is 0 Å². The molecule has 0 atom stereocenters. The summed E-state index contributed by atoms with van der Waals surface area (Å²) in [5, 5.41) is 0.248. The van der Waals surface area contributed by atoms with Gasteiger partial charge in [0.25, 0.3) is 5.56 Å². The van der Waals surface area contributed by atoms with Crippen molar-refractivity contribution in [2.75, 3.05) is 40.5 Å². The maximum Gasteiger partial charge on any atom is 0.281 e. The number of nitrogens with zero attached hydrogens (tertiary/aromatic N) is 3. The van der Waals surface area contributed by atoms with Gasteiger partial charge in [-0.05, 0) is 30.3 Å². The molecule has 0 aliphatic carbocycles. The van der Waals surface area contributed by atoms with Crippen LogP contribution in [0.15, 0.2) is 52.3 Å². The van der Waals surface area contributed by atoms with E-state index in [0.29, 0.717) is 11.2 Å². The molecule has 0 aliphatic heterocycles. The van der Waals surface area contributed by atoms with E-state index < -0.39 is 15.6 Å². The van der Waals surface area contributed by atoms with E-state index in [9.17, 15) is 13.2 Å². The van der Waals surface area contributed by atoms with Gasteiger partial charge in [-0.15, -0.1) is 0 Å². The van der Waals surface area contributed by atoms with Gasteiger partial charge in [0.15, 0.2) is 0 Å². The molecule has 2 aromatic heterocycles. The van der Waals surface area contributed by atoms with Crippen LogP contribution in [0, 0.1) is 0 Å². The first kappa shape index (κ1) is 19.4. The number of rotatable bonds is 8. The molecule has 0 amide bonds. The van der Waals surface area contributed by atoms with E-state index in [1.165, 1.54) is 30.7 Å². The third kappa shape index (κ3) is 3.86. The van der Waals surface area contributed by atoms with Crippen molar-refractivity contribution in [1.29, 1.82) is 0 Å². The van der Waals surface area contributed by atoms with Crippen molar-refractivity contribution < 1.29 is 17.9 Å². The number of hydrogen-bond acceptors (Lipinski definition) is 6. The Hall–Kier alpha value is -2.33. The highest BCUT2D eigenvalue weighted by Crippen LogP contribution is 2.20. The molecule has 0 fully saturated rings. The van der Waals surface area contributed by atoms with Crippen molar-refractivity contribution in [3.05, 3.63) is 52.9 Å². The number of hydrogen-bond donors (Lipinski definition) is 0. The molecule has 2 heterocycles. The van der Waals surface area contributed by atoms with Gasteiger partial charge in [-0.25, -0.2) is 8.42 Å². The minimum Gasteiger partial charge on any atom is -0.383 e. The predicted octanol–water partition coefficient (Wildman–Crippen LogP) is 1.13. The van der Waals surface area contributed by atoms with E-state index in [1.54, 1.807) is 28.8 Å². The maximum atomic E-state index is 13.0. The lowest BCUT2D eigenvalue weighted by Crippen LogP contribution is -2.36. The molecule has 144 valence electrons. The average Bonchev–Trinajstić information content (AvgIpc) is 2.67. The van der Waals surface area contributed by atoms with Crippen LogP contribution in [0.1, 0.15) is 0 Å². The highest BCUT2D eigenvalue weighted by Gasteiger charge is 2.25. The number of methoxy groups -OCH3 is 2. The van der Waals surface area contributed by atoms with Crippen LogP contribution in [0.2, 0.25) is 0 Å².